The van der Waals surface area contributed by atoms with Gasteiger partial charge in [0.15, 0.2) is 11.6 Å². The molecule has 0 aromatic heterocycles. The first kappa shape index (κ1) is 15.2. The lowest BCUT2D eigenvalue weighted by molar-refractivity contribution is -0.385. The molecule has 2 N–H and O–H groups in total. The Balaban J connectivity index is 2.02. The van der Waals surface area contributed by atoms with Crippen LogP contribution in [0.2, 0.25) is 0 Å². The number of anilines is 1. The molecule has 1 aromatic carbocycles. The van der Waals surface area contributed by atoms with Crippen LogP contribution >= 0.6 is 0 Å². The fraction of sp³-hybridized carbons (Fsp3) is 0.429. The van der Waals surface area contributed by atoms with Crippen molar-refractivity contribution in [2.45, 2.75) is 12.8 Å². The van der Waals surface area contributed by atoms with E-state index in [4.69, 9.17) is 4.74 Å². The second-order valence-corrected chi connectivity index (χ2v) is 4.75. The summed E-state index contributed by atoms with van der Waals surface area (Å²) in [6, 6.07) is 2.20. The number of benzene rings is 1. The molecule has 7 heteroatoms. The lowest BCUT2D eigenvalue weighted by Crippen LogP contribution is -2.21. The van der Waals surface area contributed by atoms with Gasteiger partial charge in [0.1, 0.15) is 0 Å². The van der Waals surface area contributed by atoms with Crippen LogP contribution in [0.1, 0.15) is 12.8 Å². The summed E-state index contributed by atoms with van der Waals surface area (Å²) in [6.45, 7) is 2.41. The average molecular weight is 295 g/mol. The van der Waals surface area contributed by atoms with Gasteiger partial charge >= 0.3 is 5.69 Å². The third kappa shape index (κ3) is 3.91. The third-order valence-corrected chi connectivity index (χ3v) is 3.38. The zero-order chi connectivity index (χ0) is 15.2. The maximum Gasteiger partial charge on any atom is 0.313 e. The number of halogens is 1. The highest BCUT2D eigenvalue weighted by Crippen LogP contribution is 2.32. The molecule has 0 bridgehead atoms. The molecule has 0 amide bonds. The maximum atomic E-state index is 13.8. The third-order valence-electron chi connectivity index (χ3n) is 3.38. The first-order valence-electron chi connectivity index (χ1n) is 6.76. The summed E-state index contributed by atoms with van der Waals surface area (Å²) < 4.78 is 18.8. The zero-order valence-corrected chi connectivity index (χ0v) is 11.8. The topological polar surface area (TPSA) is 76.4 Å². The van der Waals surface area contributed by atoms with Crippen molar-refractivity contribution in [1.82, 2.24) is 5.32 Å². The number of hydrogen-bond donors (Lipinski definition) is 2. The SMILES string of the molecule is COc1cc(NCCC2=CCNCC2)c(F)cc1[N+](=O)[O-]. The summed E-state index contributed by atoms with van der Waals surface area (Å²) in [6.07, 6.45) is 3.95. The van der Waals surface area contributed by atoms with Crippen molar-refractivity contribution in [3.8, 4) is 5.75 Å². The largest absolute Gasteiger partial charge is 0.490 e. The molecule has 0 saturated heterocycles. The van der Waals surface area contributed by atoms with Gasteiger partial charge in [-0.05, 0) is 19.4 Å². The van der Waals surface area contributed by atoms with E-state index in [-0.39, 0.29) is 17.1 Å². The van der Waals surface area contributed by atoms with Gasteiger partial charge in [0, 0.05) is 19.2 Å². The molecule has 0 fully saturated rings. The number of methoxy groups -OCH3 is 1. The second-order valence-electron chi connectivity index (χ2n) is 4.75. The van der Waals surface area contributed by atoms with E-state index in [1.54, 1.807) is 0 Å². The van der Waals surface area contributed by atoms with Gasteiger partial charge in [-0.3, -0.25) is 10.1 Å². The highest BCUT2D eigenvalue weighted by atomic mass is 19.1. The molecule has 1 aliphatic heterocycles. The summed E-state index contributed by atoms with van der Waals surface area (Å²) in [5.74, 6) is -0.605. The monoisotopic (exact) mass is 295 g/mol. The van der Waals surface area contributed by atoms with Crippen LogP contribution < -0.4 is 15.4 Å². The van der Waals surface area contributed by atoms with Crippen molar-refractivity contribution in [3.05, 3.63) is 39.7 Å². The fourth-order valence-corrected chi connectivity index (χ4v) is 2.24. The molecule has 1 heterocycles. The van der Waals surface area contributed by atoms with Crippen molar-refractivity contribution in [2.24, 2.45) is 0 Å². The van der Waals surface area contributed by atoms with Gasteiger partial charge in [-0.2, -0.15) is 0 Å². The first-order chi connectivity index (χ1) is 10.1. The molecular weight excluding hydrogens is 277 g/mol. The van der Waals surface area contributed by atoms with Gasteiger partial charge in [0.05, 0.1) is 23.8 Å². The number of nitrogens with one attached hydrogen (secondary N) is 2. The molecule has 114 valence electrons. The summed E-state index contributed by atoms with van der Waals surface area (Å²) in [4.78, 5) is 10.1. The van der Waals surface area contributed by atoms with Gasteiger partial charge in [0.25, 0.3) is 0 Å². The van der Waals surface area contributed by atoms with E-state index >= 15 is 0 Å². The minimum atomic E-state index is -0.661. The van der Waals surface area contributed by atoms with Crippen LogP contribution in [0.15, 0.2) is 23.8 Å². The molecule has 0 saturated carbocycles. The van der Waals surface area contributed by atoms with Crippen LogP contribution in [-0.4, -0.2) is 31.7 Å². The number of nitro groups is 1. The Bertz CT molecular complexity index is 561. The normalized spacial score (nSPS) is 14.5. The van der Waals surface area contributed by atoms with E-state index < -0.39 is 10.7 Å². The average Bonchev–Trinajstić information content (AvgIpc) is 2.49. The lowest BCUT2D eigenvalue weighted by atomic mass is 10.1. The standard InChI is InChI=1S/C14H18FN3O3/c1-21-14-9-12(11(15)8-13(14)18(19)20)17-7-4-10-2-5-16-6-3-10/h2,8-9,16-17H,3-7H2,1H3. The first-order valence-corrected chi connectivity index (χ1v) is 6.76. The fourth-order valence-electron chi connectivity index (χ4n) is 2.24. The van der Waals surface area contributed by atoms with Gasteiger partial charge in [0.2, 0.25) is 0 Å². The molecule has 21 heavy (non-hydrogen) atoms. The predicted molar refractivity (Wildman–Crippen MR) is 78.3 cm³/mol. The summed E-state index contributed by atoms with van der Waals surface area (Å²) in [5.41, 5.74) is 1.17. The van der Waals surface area contributed by atoms with Crippen molar-refractivity contribution in [3.63, 3.8) is 0 Å². The molecule has 6 nitrogen and oxygen atoms in total. The van der Waals surface area contributed by atoms with Crippen LogP contribution in [0.3, 0.4) is 0 Å². The van der Waals surface area contributed by atoms with Gasteiger partial charge in [-0.15, -0.1) is 0 Å². The molecule has 0 atom stereocenters. The van der Waals surface area contributed by atoms with Crippen LogP contribution in [0, 0.1) is 15.9 Å². The highest BCUT2D eigenvalue weighted by Gasteiger charge is 2.19. The van der Waals surface area contributed by atoms with Gasteiger partial charge in [-0.25, -0.2) is 4.39 Å². The number of nitrogens with zero attached hydrogens (tertiary/aromatic N) is 1. The molecule has 2 rings (SSSR count). The van der Waals surface area contributed by atoms with Crippen molar-refractivity contribution in [2.75, 3.05) is 32.1 Å². The minimum Gasteiger partial charge on any atom is -0.490 e. The molecule has 0 aliphatic carbocycles. The van der Waals surface area contributed by atoms with E-state index in [2.05, 4.69) is 16.7 Å². The van der Waals surface area contributed by atoms with Crippen LogP contribution in [-0.2, 0) is 0 Å². The van der Waals surface area contributed by atoms with E-state index in [1.165, 1.54) is 18.7 Å². The number of hydrogen-bond acceptors (Lipinski definition) is 5. The minimum absolute atomic E-state index is 0.0463. The number of nitro benzene ring substituents is 1. The number of ether oxygens (including phenoxy) is 1. The molecule has 0 unspecified atom stereocenters. The maximum absolute atomic E-state index is 13.8. The van der Waals surface area contributed by atoms with E-state index in [9.17, 15) is 14.5 Å². The Kier molecular flexibility index (Phi) is 5.10. The molecule has 1 aromatic rings. The van der Waals surface area contributed by atoms with E-state index in [1.807, 2.05) is 0 Å². The van der Waals surface area contributed by atoms with Crippen LogP contribution in [0.4, 0.5) is 15.8 Å². The Labute approximate surface area is 122 Å². The summed E-state index contributed by atoms with van der Waals surface area (Å²) in [7, 11) is 1.32. The molecule has 1 aliphatic rings. The van der Waals surface area contributed by atoms with E-state index in [0.717, 1.165) is 32.0 Å². The van der Waals surface area contributed by atoms with Gasteiger partial charge < -0.3 is 15.4 Å². The lowest BCUT2D eigenvalue weighted by Gasteiger charge is -2.15. The highest BCUT2D eigenvalue weighted by molar-refractivity contribution is 5.59. The van der Waals surface area contributed by atoms with Crippen molar-refractivity contribution < 1.29 is 14.1 Å². The molecule has 0 radical (unpaired) electrons. The smallest absolute Gasteiger partial charge is 0.313 e. The molecule has 0 spiro atoms. The Morgan fingerprint density at radius 1 is 1.52 bits per heavy atom. The van der Waals surface area contributed by atoms with Gasteiger partial charge in [-0.1, -0.05) is 11.6 Å². The quantitative estimate of drug-likeness (QED) is 0.479. The van der Waals surface area contributed by atoms with Crippen LogP contribution in [0.25, 0.3) is 0 Å². The predicted octanol–water partition coefficient (Wildman–Crippen LogP) is 2.46. The number of rotatable bonds is 6. The van der Waals surface area contributed by atoms with Crippen molar-refractivity contribution >= 4 is 11.4 Å². The Morgan fingerprint density at radius 3 is 2.95 bits per heavy atom. The van der Waals surface area contributed by atoms with Crippen LogP contribution in [0.5, 0.6) is 5.75 Å². The van der Waals surface area contributed by atoms with Crippen molar-refractivity contribution in [1.29, 1.82) is 0 Å². The Hall–Kier alpha value is -2.15. The summed E-state index contributed by atoms with van der Waals surface area (Å²) in [5, 5.41) is 17.0. The summed E-state index contributed by atoms with van der Waals surface area (Å²) >= 11 is 0. The molecular formula is C14H18FN3O3. The van der Waals surface area contributed by atoms with E-state index in [0.29, 0.717) is 6.54 Å². The Morgan fingerprint density at radius 2 is 2.33 bits per heavy atom. The second kappa shape index (κ2) is 7.03. The zero-order valence-electron chi connectivity index (χ0n) is 11.8.